The lowest BCUT2D eigenvalue weighted by molar-refractivity contribution is 0.190. The number of carbonyl (C=O) groups is 1. The fourth-order valence-corrected chi connectivity index (χ4v) is 1.11. The van der Waals surface area contributed by atoms with Gasteiger partial charge >= 0.3 is 6.09 Å². The zero-order chi connectivity index (χ0) is 9.68. The van der Waals surface area contributed by atoms with E-state index in [1.807, 2.05) is 30.3 Å². The van der Waals surface area contributed by atoms with Gasteiger partial charge in [-0.25, -0.2) is 4.79 Å². The maximum atomic E-state index is 10.4. The van der Waals surface area contributed by atoms with Crippen molar-refractivity contribution in [3.8, 4) is 0 Å². The molecule has 4 N–H and O–H groups in total. The Morgan fingerprint density at radius 3 is 2.54 bits per heavy atom. The Hall–Kier alpha value is -1.55. The predicted octanol–water partition coefficient (Wildman–Crippen LogP) is 0.954. The molecule has 70 valence electrons. The quantitative estimate of drug-likeness (QED) is 0.648. The van der Waals surface area contributed by atoms with E-state index >= 15 is 0 Å². The van der Waals surface area contributed by atoms with E-state index in [0.29, 0.717) is 0 Å². The van der Waals surface area contributed by atoms with Crippen LogP contribution in [0.25, 0.3) is 0 Å². The lowest BCUT2D eigenvalue weighted by atomic mass is 10.1. The highest BCUT2D eigenvalue weighted by molar-refractivity contribution is 5.65. The number of hydrogen-bond acceptors (Lipinski definition) is 2. The second kappa shape index (κ2) is 4.47. The van der Waals surface area contributed by atoms with Crippen molar-refractivity contribution in [2.45, 2.75) is 6.04 Å². The number of hydrogen-bond donors (Lipinski definition) is 3. The van der Waals surface area contributed by atoms with Crippen molar-refractivity contribution in [3.05, 3.63) is 35.9 Å². The van der Waals surface area contributed by atoms with E-state index in [0.717, 1.165) is 5.56 Å². The summed E-state index contributed by atoms with van der Waals surface area (Å²) in [4.78, 5) is 10.4. The highest BCUT2D eigenvalue weighted by atomic mass is 16.4. The van der Waals surface area contributed by atoms with Crippen LogP contribution in [-0.2, 0) is 0 Å². The van der Waals surface area contributed by atoms with Crippen LogP contribution in [0.5, 0.6) is 0 Å². The average Bonchev–Trinajstić information content (AvgIpc) is 2.15. The third-order valence-electron chi connectivity index (χ3n) is 1.74. The van der Waals surface area contributed by atoms with Crippen molar-refractivity contribution < 1.29 is 9.90 Å². The smallest absolute Gasteiger partial charge is 0.405 e. The Balaban J connectivity index is 2.73. The molecule has 0 unspecified atom stereocenters. The van der Waals surface area contributed by atoms with Crippen molar-refractivity contribution in [2.24, 2.45) is 5.73 Å². The zero-order valence-electron chi connectivity index (χ0n) is 7.10. The van der Waals surface area contributed by atoms with E-state index in [1.165, 1.54) is 0 Å². The third kappa shape index (κ3) is 2.76. The van der Waals surface area contributed by atoms with Crippen LogP contribution in [0.1, 0.15) is 11.6 Å². The molecule has 0 aliphatic carbocycles. The van der Waals surface area contributed by atoms with E-state index < -0.39 is 6.09 Å². The molecule has 4 heteroatoms. The van der Waals surface area contributed by atoms with Crippen LogP contribution in [0.2, 0.25) is 0 Å². The zero-order valence-corrected chi connectivity index (χ0v) is 7.10. The first-order chi connectivity index (χ1) is 6.24. The van der Waals surface area contributed by atoms with Gasteiger partial charge in [-0.2, -0.15) is 0 Å². The average molecular weight is 180 g/mol. The molecule has 0 bridgehead atoms. The first-order valence-electron chi connectivity index (χ1n) is 3.98. The highest BCUT2D eigenvalue weighted by Crippen LogP contribution is 2.09. The minimum atomic E-state index is -1.06. The minimum absolute atomic E-state index is 0.260. The molecular formula is C9H12N2O2. The van der Waals surface area contributed by atoms with Crippen molar-refractivity contribution in [2.75, 3.05) is 6.54 Å². The van der Waals surface area contributed by atoms with Gasteiger partial charge in [0.1, 0.15) is 0 Å². The minimum Gasteiger partial charge on any atom is -0.465 e. The van der Waals surface area contributed by atoms with Crippen molar-refractivity contribution >= 4 is 6.09 Å². The number of carboxylic acid groups (broad SMARTS) is 1. The molecule has 0 saturated heterocycles. The summed E-state index contributed by atoms with van der Waals surface area (Å²) in [7, 11) is 0. The molecule has 13 heavy (non-hydrogen) atoms. The molecule has 0 radical (unpaired) electrons. The van der Waals surface area contributed by atoms with Crippen LogP contribution in [0.15, 0.2) is 30.3 Å². The third-order valence-corrected chi connectivity index (χ3v) is 1.74. The van der Waals surface area contributed by atoms with Gasteiger partial charge in [-0.3, -0.25) is 0 Å². The Labute approximate surface area is 76.4 Å². The molecule has 0 saturated carbocycles. The van der Waals surface area contributed by atoms with Crippen LogP contribution in [0.4, 0.5) is 4.79 Å². The largest absolute Gasteiger partial charge is 0.465 e. The van der Waals surface area contributed by atoms with Gasteiger partial charge in [0.15, 0.2) is 0 Å². The van der Waals surface area contributed by atoms with Crippen LogP contribution >= 0.6 is 0 Å². The summed E-state index contributed by atoms with van der Waals surface area (Å²) in [5.41, 5.74) is 6.31. The maximum absolute atomic E-state index is 10.4. The summed E-state index contributed by atoms with van der Waals surface area (Å²) in [5, 5.41) is 10.8. The van der Waals surface area contributed by atoms with Gasteiger partial charge in [-0.15, -0.1) is 0 Å². The highest BCUT2D eigenvalue weighted by Gasteiger charge is 2.10. The molecule has 4 nitrogen and oxygen atoms in total. The summed E-state index contributed by atoms with van der Waals surface area (Å²) in [6, 6.07) is 8.93. The van der Waals surface area contributed by atoms with Crippen LogP contribution in [0.3, 0.4) is 0 Å². The molecule has 1 aromatic carbocycles. The van der Waals surface area contributed by atoms with E-state index in [9.17, 15) is 4.79 Å². The van der Waals surface area contributed by atoms with Crippen LogP contribution < -0.4 is 11.1 Å². The van der Waals surface area contributed by atoms with Gasteiger partial charge in [0.25, 0.3) is 0 Å². The summed E-state index contributed by atoms with van der Waals surface area (Å²) in [6.45, 7) is 0.260. The molecule has 0 aromatic heterocycles. The number of rotatable bonds is 3. The van der Waals surface area contributed by atoms with Crippen LogP contribution in [-0.4, -0.2) is 17.7 Å². The van der Waals surface area contributed by atoms with Crippen molar-refractivity contribution in [1.29, 1.82) is 0 Å². The van der Waals surface area contributed by atoms with E-state index in [2.05, 4.69) is 5.32 Å². The predicted molar refractivity (Wildman–Crippen MR) is 49.4 cm³/mol. The maximum Gasteiger partial charge on any atom is 0.405 e. The SMILES string of the molecule is NC[C@H](NC(=O)O)c1ccccc1. The molecule has 1 rings (SSSR count). The second-order valence-electron chi connectivity index (χ2n) is 2.65. The summed E-state index contributed by atoms with van der Waals surface area (Å²) >= 11 is 0. The van der Waals surface area contributed by atoms with Gasteiger partial charge in [0, 0.05) is 6.54 Å². The van der Waals surface area contributed by atoms with Crippen LogP contribution in [0, 0.1) is 0 Å². The number of nitrogens with one attached hydrogen (secondary N) is 1. The van der Waals surface area contributed by atoms with Gasteiger partial charge < -0.3 is 16.2 Å². The molecule has 1 atom stereocenters. The molecule has 1 amide bonds. The summed E-state index contributed by atoms with van der Waals surface area (Å²) in [5.74, 6) is 0. The van der Waals surface area contributed by atoms with E-state index in [-0.39, 0.29) is 12.6 Å². The Bertz CT molecular complexity index is 274. The van der Waals surface area contributed by atoms with Crippen molar-refractivity contribution in [3.63, 3.8) is 0 Å². The Kier molecular flexibility index (Phi) is 3.28. The summed E-state index contributed by atoms with van der Waals surface area (Å²) in [6.07, 6.45) is -1.06. The first kappa shape index (κ1) is 9.54. The number of nitrogens with two attached hydrogens (primary N) is 1. The Morgan fingerprint density at radius 2 is 2.08 bits per heavy atom. The summed E-state index contributed by atoms with van der Waals surface area (Å²) < 4.78 is 0. The lowest BCUT2D eigenvalue weighted by Gasteiger charge is -2.14. The fraction of sp³-hybridized carbons (Fsp3) is 0.222. The molecule has 0 spiro atoms. The van der Waals surface area contributed by atoms with E-state index in [1.54, 1.807) is 0 Å². The number of benzene rings is 1. The fourth-order valence-electron chi connectivity index (χ4n) is 1.11. The van der Waals surface area contributed by atoms with E-state index in [4.69, 9.17) is 10.8 Å². The van der Waals surface area contributed by atoms with Gasteiger partial charge in [0.05, 0.1) is 6.04 Å². The molecular weight excluding hydrogens is 168 g/mol. The number of amides is 1. The first-order valence-corrected chi connectivity index (χ1v) is 3.98. The molecule has 0 fully saturated rings. The monoisotopic (exact) mass is 180 g/mol. The van der Waals surface area contributed by atoms with Gasteiger partial charge in [-0.1, -0.05) is 30.3 Å². The second-order valence-corrected chi connectivity index (χ2v) is 2.65. The van der Waals surface area contributed by atoms with Gasteiger partial charge in [-0.05, 0) is 5.56 Å². The van der Waals surface area contributed by atoms with Gasteiger partial charge in [0.2, 0.25) is 0 Å². The lowest BCUT2D eigenvalue weighted by Crippen LogP contribution is -2.32. The standard InChI is InChI=1S/C9H12N2O2/c10-6-8(11-9(12)13)7-4-2-1-3-5-7/h1-5,8,11H,6,10H2,(H,12,13)/t8-/m0/s1. The normalized spacial score (nSPS) is 12.1. The van der Waals surface area contributed by atoms with Crippen molar-refractivity contribution in [1.82, 2.24) is 5.32 Å². The molecule has 0 aliphatic rings. The topological polar surface area (TPSA) is 75.3 Å². The Morgan fingerprint density at radius 1 is 1.46 bits per heavy atom. The molecule has 0 aliphatic heterocycles. The molecule has 1 aromatic rings. The molecule has 0 heterocycles.